The number of hydrogen-bond acceptors (Lipinski definition) is 2. The molecule has 0 N–H and O–H groups in total. The van der Waals surface area contributed by atoms with Crippen molar-refractivity contribution in [3.8, 4) is 0 Å². The maximum Gasteiger partial charge on any atom is 0.199 e. The average molecular weight is 356 g/mol. The molecule has 0 unspecified atom stereocenters. The highest BCUT2D eigenvalue weighted by Gasteiger charge is 2.42. The first-order valence-electron chi connectivity index (χ1n) is 9.48. The van der Waals surface area contributed by atoms with Gasteiger partial charge in [0.2, 0.25) is 0 Å². The molecular formula is C19H24F4N2. The molecule has 2 saturated carbocycles. The van der Waals surface area contributed by atoms with Crippen molar-refractivity contribution in [2.24, 2.45) is 0 Å². The largest absolute Gasteiger partial charge is 0.347 e. The Morgan fingerprint density at radius 3 is 1.24 bits per heavy atom. The molecule has 3 aliphatic rings. The van der Waals surface area contributed by atoms with E-state index in [1.807, 2.05) is 0 Å². The summed E-state index contributed by atoms with van der Waals surface area (Å²) in [7, 11) is 0. The van der Waals surface area contributed by atoms with Crippen molar-refractivity contribution in [2.45, 2.75) is 76.3 Å². The highest BCUT2D eigenvalue weighted by molar-refractivity contribution is 5.78. The Balaban J connectivity index is 1.78. The van der Waals surface area contributed by atoms with E-state index in [2.05, 4.69) is 0 Å². The molecule has 0 radical (unpaired) electrons. The van der Waals surface area contributed by atoms with Crippen molar-refractivity contribution in [1.82, 2.24) is 0 Å². The third kappa shape index (κ3) is 2.77. The first-order chi connectivity index (χ1) is 12.1. The highest BCUT2D eigenvalue weighted by Crippen LogP contribution is 2.47. The molecule has 1 heterocycles. The van der Waals surface area contributed by atoms with Crippen LogP contribution in [0.5, 0.6) is 0 Å². The quantitative estimate of drug-likeness (QED) is 0.393. The Bertz CT molecular complexity index is 597. The number of fused-ring (bicyclic) bond motifs is 1. The predicted octanol–water partition coefficient (Wildman–Crippen LogP) is 5.49. The number of anilines is 2. The lowest BCUT2D eigenvalue weighted by Crippen LogP contribution is -2.44. The van der Waals surface area contributed by atoms with Crippen molar-refractivity contribution < 1.29 is 17.6 Å². The third-order valence-electron chi connectivity index (χ3n) is 6.13. The van der Waals surface area contributed by atoms with Gasteiger partial charge in [-0.3, -0.25) is 0 Å². The van der Waals surface area contributed by atoms with Gasteiger partial charge in [-0.2, -0.15) is 0 Å². The van der Waals surface area contributed by atoms with Crippen LogP contribution >= 0.6 is 0 Å². The zero-order chi connectivity index (χ0) is 17.6. The summed E-state index contributed by atoms with van der Waals surface area (Å²) in [6.45, 7) is 0.335. The molecule has 2 aliphatic carbocycles. The molecule has 1 aromatic rings. The number of rotatable bonds is 2. The predicted molar refractivity (Wildman–Crippen MR) is 89.8 cm³/mol. The molecule has 0 spiro atoms. The summed E-state index contributed by atoms with van der Waals surface area (Å²) in [6.07, 6.45) is 9.96. The van der Waals surface area contributed by atoms with Crippen LogP contribution in [0.1, 0.15) is 64.2 Å². The molecule has 0 bridgehead atoms. The summed E-state index contributed by atoms with van der Waals surface area (Å²) in [4.78, 5) is 3.59. The number of halogens is 4. The van der Waals surface area contributed by atoms with Gasteiger partial charge in [0.25, 0.3) is 0 Å². The molecule has 138 valence electrons. The summed E-state index contributed by atoms with van der Waals surface area (Å²) < 4.78 is 57.1. The monoisotopic (exact) mass is 356 g/mol. The molecule has 0 saturated heterocycles. The molecule has 1 aromatic carbocycles. The van der Waals surface area contributed by atoms with Crippen molar-refractivity contribution in [1.29, 1.82) is 0 Å². The van der Waals surface area contributed by atoms with E-state index in [0.29, 0.717) is 6.67 Å². The van der Waals surface area contributed by atoms with Gasteiger partial charge in [-0.1, -0.05) is 38.5 Å². The Morgan fingerprint density at radius 2 is 0.880 bits per heavy atom. The number of hydrogen-bond donors (Lipinski definition) is 0. The lowest BCUT2D eigenvalue weighted by atomic mass is 9.94. The fourth-order valence-corrected chi connectivity index (χ4v) is 4.82. The Kier molecular flexibility index (Phi) is 4.54. The maximum absolute atomic E-state index is 14.6. The molecule has 0 amide bonds. The third-order valence-corrected chi connectivity index (χ3v) is 6.13. The Hall–Kier alpha value is -1.46. The normalized spacial score (nSPS) is 22.6. The van der Waals surface area contributed by atoms with Crippen LogP contribution in [0.4, 0.5) is 28.9 Å². The fraction of sp³-hybridized carbons (Fsp3) is 0.684. The van der Waals surface area contributed by atoms with Crippen molar-refractivity contribution in [3.63, 3.8) is 0 Å². The molecule has 6 heteroatoms. The van der Waals surface area contributed by atoms with Gasteiger partial charge in [-0.25, -0.2) is 17.6 Å². The van der Waals surface area contributed by atoms with E-state index in [9.17, 15) is 17.6 Å². The van der Waals surface area contributed by atoms with Gasteiger partial charge in [0, 0.05) is 12.1 Å². The van der Waals surface area contributed by atoms with Crippen LogP contribution in [0.15, 0.2) is 0 Å². The van der Waals surface area contributed by atoms with Crippen LogP contribution in [-0.2, 0) is 0 Å². The minimum absolute atomic E-state index is 0.0612. The molecule has 0 aromatic heterocycles. The smallest absolute Gasteiger partial charge is 0.199 e. The van der Waals surface area contributed by atoms with E-state index in [4.69, 9.17) is 0 Å². The van der Waals surface area contributed by atoms with Crippen LogP contribution in [-0.4, -0.2) is 18.8 Å². The van der Waals surface area contributed by atoms with Crippen molar-refractivity contribution in [3.05, 3.63) is 23.3 Å². The fourth-order valence-electron chi connectivity index (χ4n) is 4.82. The summed E-state index contributed by atoms with van der Waals surface area (Å²) in [5, 5.41) is 0. The van der Waals surface area contributed by atoms with Crippen LogP contribution in [0, 0.1) is 23.3 Å². The Morgan fingerprint density at radius 1 is 0.520 bits per heavy atom. The van der Waals surface area contributed by atoms with Crippen molar-refractivity contribution in [2.75, 3.05) is 16.5 Å². The average Bonchev–Trinajstić information content (AvgIpc) is 3.07. The SMILES string of the molecule is Fc1c(F)c(F)c2c(c1F)N(C1CCCCC1)CN2C1CCCCC1. The van der Waals surface area contributed by atoms with Crippen molar-refractivity contribution >= 4 is 11.4 Å². The van der Waals surface area contributed by atoms with E-state index in [1.54, 1.807) is 9.80 Å². The van der Waals surface area contributed by atoms with E-state index >= 15 is 0 Å². The van der Waals surface area contributed by atoms with E-state index < -0.39 is 23.3 Å². The van der Waals surface area contributed by atoms with Crippen LogP contribution < -0.4 is 9.80 Å². The number of benzene rings is 1. The van der Waals surface area contributed by atoms with Gasteiger partial charge >= 0.3 is 0 Å². The first-order valence-corrected chi connectivity index (χ1v) is 9.48. The summed E-state index contributed by atoms with van der Waals surface area (Å²) >= 11 is 0. The minimum atomic E-state index is -1.69. The van der Waals surface area contributed by atoms with Crippen LogP contribution in [0.3, 0.4) is 0 Å². The summed E-state index contributed by atoms with van der Waals surface area (Å²) in [5.41, 5.74) is -0.122. The van der Waals surface area contributed by atoms with Crippen LogP contribution in [0.25, 0.3) is 0 Å². The summed E-state index contributed by atoms with van der Waals surface area (Å²) in [6, 6.07) is 0.139. The Labute approximate surface area is 145 Å². The molecule has 2 nitrogen and oxygen atoms in total. The van der Waals surface area contributed by atoms with Crippen LogP contribution in [0.2, 0.25) is 0 Å². The maximum atomic E-state index is 14.6. The molecule has 1 aliphatic heterocycles. The van der Waals surface area contributed by atoms with E-state index in [-0.39, 0.29) is 23.5 Å². The molecule has 4 rings (SSSR count). The molecule has 2 fully saturated rings. The zero-order valence-electron chi connectivity index (χ0n) is 14.3. The van der Waals surface area contributed by atoms with Gasteiger partial charge in [-0.15, -0.1) is 0 Å². The van der Waals surface area contributed by atoms with Gasteiger partial charge in [0.15, 0.2) is 23.3 Å². The zero-order valence-corrected chi connectivity index (χ0v) is 14.3. The highest BCUT2D eigenvalue weighted by atomic mass is 19.2. The number of nitrogens with zero attached hydrogens (tertiary/aromatic N) is 2. The topological polar surface area (TPSA) is 6.48 Å². The summed E-state index contributed by atoms with van der Waals surface area (Å²) in [5.74, 6) is -5.86. The van der Waals surface area contributed by atoms with E-state index in [0.717, 1.165) is 64.2 Å². The standard InChI is InChI=1S/C19H24F4N2/c20-14-15(21)17(23)19-18(16(14)22)24(12-7-3-1-4-8-12)11-25(19)13-9-5-2-6-10-13/h12-13H,1-11H2. The van der Waals surface area contributed by atoms with Gasteiger partial charge in [0.1, 0.15) is 11.4 Å². The first kappa shape index (κ1) is 17.0. The molecular weight excluding hydrogens is 332 g/mol. The second-order valence-electron chi connectivity index (χ2n) is 7.62. The lowest BCUT2D eigenvalue weighted by Gasteiger charge is -2.36. The van der Waals surface area contributed by atoms with Gasteiger partial charge < -0.3 is 9.80 Å². The van der Waals surface area contributed by atoms with Gasteiger partial charge in [-0.05, 0) is 25.7 Å². The van der Waals surface area contributed by atoms with Gasteiger partial charge in [0.05, 0.1) is 6.67 Å². The van der Waals surface area contributed by atoms with E-state index in [1.165, 1.54) is 0 Å². The second-order valence-corrected chi connectivity index (χ2v) is 7.62. The minimum Gasteiger partial charge on any atom is -0.347 e. The second kappa shape index (κ2) is 6.69. The lowest BCUT2D eigenvalue weighted by molar-refractivity contribution is 0.390. The molecule has 25 heavy (non-hydrogen) atoms. The molecule has 0 atom stereocenters.